The highest BCUT2D eigenvalue weighted by molar-refractivity contribution is 5.98. The summed E-state index contributed by atoms with van der Waals surface area (Å²) in [5, 5.41) is 25.6. The number of ether oxygens (including phenoxy) is 2. The fourth-order valence-electron chi connectivity index (χ4n) is 7.63. The van der Waals surface area contributed by atoms with E-state index in [0.717, 1.165) is 18.4 Å². The first kappa shape index (κ1) is 46.1. The molecular weight excluding hydrogens is 810 g/mol. The molecule has 1 atom stereocenters. The molecule has 2 heterocycles. The third kappa shape index (κ3) is 13.5. The first-order chi connectivity index (χ1) is 29.9. The van der Waals surface area contributed by atoms with Gasteiger partial charge in [0.2, 0.25) is 17.6 Å². The van der Waals surface area contributed by atoms with Gasteiger partial charge < -0.3 is 35.6 Å². The SMILES string of the molecule is CC(C)(C)OC(=O)NCC1CCC(C(=O)N[C@@H](Cc2ccc(-c3ccc(C(=O)NC4CCN(C(=O)OC(C)(C)C)CC4)c(F)c3)cc2)C(=O)Nc2ccc(-c3nn[nH]n3)cc2)CC1. The smallest absolute Gasteiger partial charge is 0.410 e. The van der Waals surface area contributed by atoms with Crippen LogP contribution in [0.5, 0.6) is 0 Å². The number of nitrogens with zero attached hydrogens (tertiary/aromatic N) is 4. The summed E-state index contributed by atoms with van der Waals surface area (Å²) in [5.74, 6) is -1.50. The predicted molar refractivity (Wildman–Crippen MR) is 234 cm³/mol. The number of likely N-dealkylation sites (tertiary alicyclic amines) is 1. The molecule has 1 saturated heterocycles. The lowest BCUT2D eigenvalue weighted by molar-refractivity contribution is -0.130. The minimum atomic E-state index is -0.924. The largest absolute Gasteiger partial charge is 0.444 e. The van der Waals surface area contributed by atoms with E-state index in [4.69, 9.17) is 9.47 Å². The number of piperidine rings is 1. The third-order valence-corrected chi connectivity index (χ3v) is 11.0. The summed E-state index contributed by atoms with van der Waals surface area (Å²) in [4.78, 5) is 66.9. The number of hydrogen-bond acceptors (Lipinski definition) is 10. The standard InChI is InChI=1S/C46H58FN9O7/c1-45(2,3)62-43(60)48-27-29-9-13-32(14-10-29)40(57)51-38(42(59)50-34-18-15-31(16-19-34)39-52-54-55-53-39)25-28-7-11-30(12-8-28)33-17-20-36(37(47)26-33)41(58)49-35-21-23-56(24-22-35)44(61)63-46(4,5)6/h7-8,11-12,15-20,26,29,32,35,38H,9-10,13-14,21-25,27H2,1-6H3,(H,48,60)(H,49,58)(H,50,59)(H,51,57)(H,52,53,54,55)/t29?,32?,38-/m0/s1. The Labute approximate surface area is 366 Å². The number of carbonyl (C=O) groups is 5. The van der Waals surface area contributed by atoms with E-state index >= 15 is 4.39 Å². The number of benzene rings is 3. The Bertz CT molecular complexity index is 2210. The highest BCUT2D eigenvalue weighted by Gasteiger charge is 2.31. The lowest BCUT2D eigenvalue weighted by Gasteiger charge is -2.33. The van der Waals surface area contributed by atoms with E-state index in [-0.39, 0.29) is 35.8 Å². The Morgan fingerprint density at radius 1 is 0.810 bits per heavy atom. The number of hydrogen-bond donors (Lipinski definition) is 5. The van der Waals surface area contributed by atoms with Crippen LogP contribution in [0.1, 0.15) is 96.0 Å². The van der Waals surface area contributed by atoms with Gasteiger partial charge in [-0.1, -0.05) is 30.3 Å². The second-order valence-corrected chi connectivity index (χ2v) is 18.3. The van der Waals surface area contributed by atoms with Gasteiger partial charge in [0, 0.05) is 49.3 Å². The van der Waals surface area contributed by atoms with Crippen LogP contribution >= 0.6 is 0 Å². The molecule has 0 radical (unpaired) electrons. The first-order valence-electron chi connectivity index (χ1n) is 21.5. The van der Waals surface area contributed by atoms with Crippen molar-refractivity contribution in [3.63, 3.8) is 0 Å². The fraction of sp³-hybridized carbons (Fsp3) is 0.478. The molecule has 5 amide bonds. The summed E-state index contributed by atoms with van der Waals surface area (Å²) in [7, 11) is 0. The second-order valence-electron chi connectivity index (χ2n) is 18.3. The van der Waals surface area contributed by atoms with E-state index in [1.54, 1.807) is 35.2 Å². The van der Waals surface area contributed by atoms with E-state index in [1.165, 1.54) is 12.1 Å². The Morgan fingerprint density at radius 3 is 2.05 bits per heavy atom. The first-order valence-corrected chi connectivity index (χ1v) is 21.5. The number of tetrazole rings is 1. The molecule has 1 aromatic heterocycles. The van der Waals surface area contributed by atoms with Gasteiger partial charge in [-0.2, -0.15) is 5.21 Å². The molecule has 6 rings (SSSR count). The molecule has 2 aliphatic rings. The number of halogens is 1. The van der Waals surface area contributed by atoms with Crippen molar-refractivity contribution in [1.82, 2.24) is 41.5 Å². The normalized spacial score (nSPS) is 17.5. The van der Waals surface area contributed by atoms with Gasteiger partial charge in [0.25, 0.3) is 5.91 Å². The zero-order valence-corrected chi connectivity index (χ0v) is 36.8. The summed E-state index contributed by atoms with van der Waals surface area (Å²) in [6, 6.07) is 17.5. The van der Waals surface area contributed by atoms with E-state index in [1.807, 2.05) is 65.8 Å². The minimum Gasteiger partial charge on any atom is -0.444 e. The molecule has 3 aromatic carbocycles. The Balaban J connectivity index is 1.07. The van der Waals surface area contributed by atoms with Crippen molar-refractivity contribution in [3.8, 4) is 22.5 Å². The highest BCUT2D eigenvalue weighted by Crippen LogP contribution is 2.30. The average molecular weight is 868 g/mol. The molecule has 2 fully saturated rings. The molecule has 1 aliphatic carbocycles. The topological polar surface area (TPSA) is 210 Å². The molecule has 0 unspecified atom stereocenters. The molecule has 1 saturated carbocycles. The van der Waals surface area contributed by atoms with Crippen molar-refractivity contribution in [2.75, 3.05) is 25.0 Å². The van der Waals surface area contributed by atoms with Gasteiger partial charge in [-0.05, 0) is 144 Å². The summed E-state index contributed by atoms with van der Waals surface area (Å²) in [6.07, 6.45) is 3.07. The molecule has 0 spiro atoms. The molecule has 16 nitrogen and oxygen atoms in total. The number of aromatic amines is 1. The molecule has 336 valence electrons. The van der Waals surface area contributed by atoms with Crippen LogP contribution in [0, 0.1) is 17.7 Å². The molecule has 0 bridgehead atoms. The molecular formula is C46H58FN9O7. The van der Waals surface area contributed by atoms with E-state index in [0.29, 0.717) is 73.5 Å². The van der Waals surface area contributed by atoms with Gasteiger partial charge in [0.15, 0.2) is 0 Å². The summed E-state index contributed by atoms with van der Waals surface area (Å²) in [6.45, 7) is 12.2. The van der Waals surface area contributed by atoms with Crippen LogP contribution in [0.25, 0.3) is 22.5 Å². The summed E-state index contributed by atoms with van der Waals surface area (Å²) >= 11 is 0. The van der Waals surface area contributed by atoms with E-state index in [2.05, 4.69) is 41.9 Å². The molecule has 63 heavy (non-hydrogen) atoms. The molecule has 4 aromatic rings. The summed E-state index contributed by atoms with van der Waals surface area (Å²) in [5.41, 5.74) is 1.97. The van der Waals surface area contributed by atoms with Crippen molar-refractivity contribution in [2.45, 2.75) is 110 Å². The van der Waals surface area contributed by atoms with E-state index < -0.39 is 47.1 Å². The van der Waals surface area contributed by atoms with Crippen LogP contribution in [0.3, 0.4) is 0 Å². The van der Waals surface area contributed by atoms with Gasteiger partial charge in [0.05, 0.1) is 5.56 Å². The van der Waals surface area contributed by atoms with Gasteiger partial charge in [0.1, 0.15) is 23.1 Å². The van der Waals surface area contributed by atoms with Crippen LogP contribution in [0.2, 0.25) is 0 Å². The number of H-pyrrole nitrogens is 1. The number of anilines is 1. The lowest BCUT2D eigenvalue weighted by Crippen LogP contribution is -2.48. The molecule has 17 heteroatoms. The Hall–Kier alpha value is -6.39. The zero-order valence-electron chi connectivity index (χ0n) is 36.8. The van der Waals surface area contributed by atoms with Gasteiger partial charge >= 0.3 is 12.2 Å². The van der Waals surface area contributed by atoms with Gasteiger partial charge in [-0.15, -0.1) is 10.2 Å². The van der Waals surface area contributed by atoms with Gasteiger partial charge in [-0.3, -0.25) is 14.4 Å². The number of carbonyl (C=O) groups excluding carboxylic acids is 5. The Morgan fingerprint density at radius 2 is 1.44 bits per heavy atom. The number of amides is 5. The van der Waals surface area contributed by atoms with E-state index in [9.17, 15) is 24.0 Å². The monoisotopic (exact) mass is 867 g/mol. The van der Waals surface area contributed by atoms with Crippen LogP contribution in [-0.4, -0.2) is 98.4 Å². The maximum absolute atomic E-state index is 15.5. The highest BCUT2D eigenvalue weighted by atomic mass is 19.1. The molecule has 1 aliphatic heterocycles. The third-order valence-electron chi connectivity index (χ3n) is 11.0. The second kappa shape index (κ2) is 20.2. The number of aromatic nitrogens is 4. The predicted octanol–water partition coefficient (Wildman–Crippen LogP) is 6.80. The van der Waals surface area contributed by atoms with Crippen molar-refractivity contribution in [3.05, 3.63) is 83.7 Å². The van der Waals surface area contributed by atoms with Crippen LogP contribution in [0.4, 0.5) is 19.7 Å². The summed E-state index contributed by atoms with van der Waals surface area (Å²) < 4.78 is 26.3. The number of rotatable bonds is 12. The molecule has 5 N–H and O–H groups in total. The quantitative estimate of drug-likeness (QED) is 0.101. The fourth-order valence-corrected chi connectivity index (χ4v) is 7.63. The van der Waals surface area contributed by atoms with Crippen LogP contribution < -0.4 is 21.3 Å². The van der Waals surface area contributed by atoms with Crippen molar-refractivity contribution in [2.24, 2.45) is 11.8 Å². The van der Waals surface area contributed by atoms with Crippen LogP contribution in [0.15, 0.2) is 66.7 Å². The van der Waals surface area contributed by atoms with Crippen LogP contribution in [-0.2, 0) is 25.5 Å². The maximum atomic E-state index is 15.5. The maximum Gasteiger partial charge on any atom is 0.410 e. The minimum absolute atomic E-state index is 0.0788. The number of alkyl carbamates (subject to hydrolysis) is 1. The lowest BCUT2D eigenvalue weighted by atomic mass is 9.81. The van der Waals surface area contributed by atoms with Crippen molar-refractivity contribution < 1.29 is 37.8 Å². The average Bonchev–Trinajstić information content (AvgIpc) is 3.78. The van der Waals surface area contributed by atoms with Crippen molar-refractivity contribution in [1.29, 1.82) is 0 Å². The Kier molecular flexibility index (Phi) is 14.8. The van der Waals surface area contributed by atoms with Crippen molar-refractivity contribution >= 4 is 35.6 Å². The number of nitrogens with one attached hydrogen (secondary N) is 5. The van der Waals surface area contributed by atoms with Gasteiger partial charge in [-0.25, -0.2) is 14.0 Å². The zero-order chi connectivity index (χ0) is 45.3.